The van der Waals surface area contributed by atoms with Crippen molar-refractivity contribution in [3.63, 3.8) is 0 Å². The standard InChI is InChI=1S/C23H17N3O/c1-25-21-7-3-2-6-18(21)14-19(23(25)27)16-9-11-17(12-10-16)20-15-26-13-5-4-8-22(26)24-20/h2-15H,1H3. The average Bonchev–Trinajstić information content (AvgIpc) is 3.15. The first-order chi connectivity index (χ1) is 13.2. The zero-order valence-electron chi connectivity index (χ0n) is 14.8. The lowest BCUT2D eigenvalue weighted by atomic mass is 10.0. The summed E-state index contributed by atoms with van der Waals surface area (Å²) in [6.07, 6.45) is 4.00. The number of fused-ring (bicyclic) bond motifs is 2. The summed E-state index contributed by atoms with van der Waals surface area (Å²) < 4.78 is 3.71. The highest BCUT2D eigenvalue weighted by molar-refractivity contribution is 5.84. The Labute approximate surface area is 156 Å². The molecule has 0 aliphatic rings. The van der Waals surface area contributed by atoms with E-state index in [2.05, 4.69) is 4.98 Å². The summed E-state index contributed by atoms with van der Waals surface area (Å²) in [6.45, 7) is 0. The minimum atomic E-state index is 0.00850. The summed E-state index contributed by atoms with van der Waals surface area (Å²) in [4.78, 5) is 17.5. The predicted molar refractivity (Wildman–Crippen MR) is 109 cm³/mol. The van der Waals surface area contributed by atoms with Crippen molar-refractivity contribution >= 4 is 16.6 Å². The smallest absolute Gasteiger partial charge is 0.258 e. The number of aromatic nitrogens is 3. The van der Waals surface area contributed by atoms with Crippen molar-refractivity contribution in [1.29, 1.82) is 0 Å². The van der Waals surface area contributed by atoms with E-state index >= 15 is 0 Å². The average molecular weight is 351 g/mol. The molecule has 0 saturated heterocycles. The lowest BCUT2D eigenvalue weighted by molar-refractivity contribution is 0.909. The third-order valence-corrected chi connectivity index (χ3v) is 4.99. The van der Waals surface area contributed by atoms with Crippen LogP contribution < -0.4 is 5.56 Å². The number of pyridine rings is 2. The number of hydrogen-bond acceptors (Lipinski definition) is 2. The van der Waals surface area contributed by atoms with Crippen LogP contribution in [0.25, 0.3) is 38.9 Å². The van der Waals surface area contributed by atoms with Gasteiger partial charge in [-0.15, -0.1) is 0 Å². The molecule has 3 heterocycles. The summed E-state index contributed by atoms with van der Waals surface area (Å²) in [5.41, 5.74) is 5.42. The Morgan fingerprint density at radius 2 is 1.59 bits per heavy atom. The SMILES string of the molecule is Cn1c(=O)c(-c2ccc(-c3cn4ccccc4n3)cc2)cc2ccccc21. The first kappa shape index (κ1) is 15.6. The van der Waals surface area contributed by atoms with E-state index < -0.39 is 0 Å². The van der Waals surface area contributed by atoms with Gasteiger partial charge in [0.05, 0.1) is 11.2 Å². The number of para-hydroxylation sites is 1. The normalized spacial score (nSPS) is 11.3. The van der Waals surface area contributed by atoms with E-state index in [0.29, 0.717) is 5.56 Å². The van der Waals surface area contributed by atoms with Crippen molar-refractivity contribution in [2.75, 3.05) is 0 Å². The molecule has 5 aromatic rings. The van der Waals surface area contributed by atoms with Crippen LogP contribution in [0, 0.1) is 0 Å². The van der Waals surface area contributed by atoms with Gasteiger partial charge >= 0.3 is 0 Å². The van der Waals surface area contributed by atoms with E-state index in [1.807, 2.05) is 96.6 Å². The molecule has 4 heteroatoms. The van der Waals surface area contributed by atoms with E-state index in [4.69, 9.17) is 0 Å². The fourth-order valence-corrected chi connectivity index (χ4v) is 3.52. The molecule has 4 nitrogen and oxygen atoms in total. The fraction of sp³-hybridized carbons (Fsp3) is 0.0435. The highest BCUT2D eigenvalue weighted by Gasteiger charge is 2.10. The zero-order chi connectivity index (χ0) is 18.4. The van der Waals surface area contributed by atoms with E-state index in [-0.39, 0.29) is 5.56 Å². The first-order valence-corrected chi connectivity index (χ1v) is 8.84. The van der Waals surface area contributed by atoms with Crippen LogP contribution in [0.2, 0.25) is 0 Å². The van der Waals surface area contributed by atoms with Crippen molar-refractivity contribution < 1.29 is 0 Å². The zero-order valence-corrected chi connectivity index (χ0v) is 14.8. The summed E-state index contributed by atoms with van der Waals surface area (Å²) in [5, 5.41) is 1.05. The maximum atomic E-state index is 12.8. The highest BCUT2D eigenvalue weighted by Crippen LogP contribution is 2.25. The maximum absolute atomic E-state index is 12.8. The van der Waals surface area contributed by atoms with Gasteiger partial charge in [-0.3, -0.25) is 4.79 Å². The van der Waals surface area contributed by atoms with Crippen LogP contribution in [-0.4, -0.2) is 14.0 Å². The largest absolute Gasteiger partial charge is 0.311 e. The molecule has 0 N–H and O–H groups in total. The Balaban J connectivity index is 1.60. The molecular formula is C23H17N3O. The molecule has 0 amide bonds. The van der Waals surface area contributed by atoms with Crippen LogP contribution in [-0.2, 0) is 7.05 Å². The third-order valence-electron chi connectivity index (χ3n) is 4.99. The molecule has 0 bridgehead atoms. The first-order valence-electron chi connectivity index (χ1n) is 8.84. The van der Waals surface area contributed by atoms with Gasteiger partial charge in [0, 0.05) is 30.6 Å². The quantitative estimate of drug-likeness (QED) is 0.469. The highest BCUT2D eigenvalue weighted by atomic mass is 16.1. The molecular weight excluding hydrogens is 334 g/mol. The van der Waals surface area contributed by atoms with Gasteiger partial charge in [-0.1, -0.05) is 48.5 Å². The Bertz CT molecular complexity index is 1310. The van der Waals surface area contributed by atoms with Crippen LogP contribution in [0.15, 0.2) is 90.0 Å². The van der Waals surface area contributed by atoms with Crippen LogP contribution in [0.5, 0.6) is 0 Å². The summed E-state index contributed by atoms with van der Waals surface area (Å²) >= 11 is 0. The Hall–Kier alpha value is -3.66. The molecule has 0 atom stereocenters. The van der Waals surface area contributed by atoms with E-state index in [1.165, 1.54) is 0 Å². The molecule has 0 unspecified atom stereocenters. The van der Waals surface area contributed by atoms with Gasteiger partial charge in [-0.05, 0) is 35.2 Å². The van der Waals surface area contributed by atoms with Gasteiger partial charge in [0.25, 0.3) is 5.56 Å². The number of nitrogens with zero attached hydrogens (tertiary/aromatic N) is 3. The topological polar surface area (TPSA) is 39.3 Å². The Kier molecular flexibility index (Phi) is 3.44. The number of imidazole rings is 1. The van der Waals surface area contributed by atoms with E-state index in [0.717, 1.165) is 33.4 Å². The van der Waals surface area contributed by atoms with Crippen molar-refractivity contribution in [3.05, 3.63) is 95.5 Å². The van der Waals surface area contributed by atoms with E-state index in [1.54, 1.807) is 4.57 Å². The van der Waals surface area contributed by atoms with Crippen molar-refractivity contribution in [2.45, 2.75) is 0 Å². The second-order valence-corrected chi connectivity index (χ2v) is 6.65. The van der Waals surface area contributed by atoms with Crippen LogP contribution in [0.1, 0.15) is 0 Å². The molecule has 2 aromatic carbocycles. The van der Waals surface area contributed by atoms with E-state index in [9.17, 15) is 4.79 Å². The lowest BCUT2D eigenvalue weighted by Crippen LogP contribution is -2.18. The second kappa shape index (κ2) is 5.95. The number of aryl methyl sites for hydroxylation is 1. The monoisotopic (exact) mass is 351 g/mol. The molecule has 27 heavy (non-hydrogen) atoms. The molecule has 0 saturated carbocycles. The molecule has 0 aliphatic heterocycles. The summed E-state index contributed by atoms with van der Waals surface area (Å²) in [7, 11) is 1.82. The third kappa shape index (κ3) is 2.54. The van der Waals surface area contributed by atoms with Gasteiger partial charge in [-0.2, -0.15) is 0 Å². The Morgan fingerprint density at radius 3 is 2.41 bits per heavy atom. The minimum absolute atomic E-state index is 0.00850. The summed E-state index contributed by atoms with van der Waals surface area (Å²) in [6, 6.07) is 23.9. The van der Waals surface area contributed by atoms with Gasteiger partial charge in [0.1, 0.15) is 5.65 Å². The minimum Gasteiger partial charge on any atom is -0.311 e. The molecule has 0 radical (unpaired) electrons. The predicted octanol–water partition coefficient (Wildman–Crippen LogP) is 4.52. The molecule has 130 valence electrons. The van der Waals surface area contributed by atoms with Crippen molar-refractivity contribution in [1.82, 2.24) is 14.0 Å². The number of rotatable bonds is 2. The molecule has 0 aliphatic carbocycles. The van der Waals surface area contributed by atoms with Gasteiger partial charge < -0.3 is 8.97 Å². The lowest BCUT2D eigenvalue weighted by Gasteiger charge is -2.09. The number of benzene rings is 2. The van der Waals surface area contributed by atoms with Gasteiger partial charge in [0.15, 0.2) is 0 Å². The summed E-state index contributed by atoms with van der Waals surface area (Å²) in [5.74, 6) is 0. The Morgan fingerprint density at radius 1 is 0.852 bits per heavy atom. The van der Waals surface area contributed by atoms with Crippen LogP contribution in [0.3, 0.4) is 0 Å². The van der Waals surface area contributed by atoms with Crippen LogP contribution in [0.4, 0.5) is 0 Å². The van der Waals surface area contributed by atoms with Crippen molar-refractivity contribution in [3.8, 4) is 22.4 Å². The number of hydrogen-bond donors (Lipinski definition) is 0. The van der Waals surface area contributed by atoms with Gasteiger partial charge in [-0.25, -0.2) is 4.98 Å². The van der Waals surface area contributed by atoms with Crippen LogP contribution >= 0.6 is 0 Å². The second-order valence-electron chi connectivity index (χ2n) is 6.65. The van der Waals surface area contributed by atoms with Gasteiger partial charge in [0.2, 0.25) is 0 Å². The van der Waals surface area contributed by atoms with Crippen molar-refractivity contribution in [2.24, 2.45) is 7.05 Å². The fourth-order valence-electron chi connectivity index (χ4n) is 3.52. The maximum Gasteiger partial charge on any atom is 0.258 e. The molecule has 3 aromatic heterocycles. The molecule has 0 fully saturated rings. The molecule has 0 spiro atoms. The molecule has 5 rings (SSSR count).